The number of hydrogen-bond acceptors (Lipinski definition) is 5. The lowest BCUT2D eigenvalue weighted by Crippen LogP contribution is -2.30. The second-order valence-corrected chi connectivity index (χ2v) is 5.62. The predicted octanol–water partition coefficient (Wildman–Crippen LogP) is 3.77. The fourth-order valence-electron chi connectivity index (χ4n) is 2.06. The van der Waals surface area contributed by atoms with Gasteiger partial charge in [0.05, 0.1) is 0 Å². The number of hydrogen-bond donors (Lipinski definition) is 1. The van der Waals surface area contributed by atoms with Crippen LogP contribution in [0.25, 0.3) is 0 Å². The second-order valence-electron chi connectivity index (χ2n) is 5.62. The van der Waals surface area contributed by atoms with E-state index in [1.807, 2.05) is 46.8 Å². The Kier molecular flexibility index (Phi) is 27.8. The van der Waals surface area contributed by atoms with Crippen LogP contribution in [0.4, 0.5) is 0 Å². The van der Waals surface area contributed by atoms with Gasteiger partial charge in [-0.25, -0.2) is 0 Å². The van der Waals surface area contributed by atoms with Crippen LogP contribution >= 0.6 is 0 Å². The van der Waals surface area contributed by atoms with E-state index in [2.05, 4.69) is 22.0 Å². The van der Waals surface area contributed by atoms with Crippen molar-refractivity contribution in [3.8, 4) is 0 Å². The minimum atomic E-state index is -0.577. The number of methoxy groups -OCH3 is 1. The van der Waals surface area contributed by atoms with E-state index in [0.29, 0.717) is 5.92 Å². The summed E-state index contributed by atoms with van der Waals surface area (Å²) in [6.07, 6.45) is 10.9. The lowest BCUT2D eigenvalue weighted by molar-refractivity contribution is -0.130. The van der Waals surface area contributed by atoms with Gasteiger partial charge in [-0.3, -0.25) is 9.59 Å². The van der Waals surface area contributed by atoms with Crippen LogP contribution in [0.1, 0.15) is 60.3 Å². The molecule has 0 unspecified atom stereocenters. The lowest BCUT2D eigenvalue weighted by Gasteiger charge is -2.25. The number of nitrogens with zero attached hydrogens (tertiary/aromatic N) is 1. The SMILES string of the molecule is CC.CC.CCOC.CN1CCC(C=O)CC1.O=CC(=O)NC1=CC=CCC1. The van der Waals surface area contributed by atoms with E-state index < -0.39 is 5.91 Å². The highest BCUT2D eigenvalue weighted by atomic mass is 16.5. The molecule has 0 aromatic heterocycles. The standard InChI is InChI=1S/C8H9NO2.C7H13NO.C3H8O.2C2H6/c10-6-8(11)9-7-4-2-1-3-5-7;1-8-4-2-7(6-9)3-5-8;1-3-4-2;2*1-2/h1-2,4,6H,3,5H2,(H,9,11);6-7H,2-5H2,1H3;3H2,1-2H3;2*1-2H3. The average Bonchev–Trinajstić information content (AvgIpc) is 2.78. The molecule has 1 saturated heterocycles. The summed E-state index contributed by atoms with van der Waals surface area (Å²) in [5, 5.41) is 2.47. The summed E-state index contributed by atoms with van der Waals surface area (Å²) in [5.74, 6) is -0.229. The third-order valence-corrected chi connectivity index (χ3v) is 3.65. The molecule has 164 valence electrons. The molecule has 1 N–H and O–H groups in total. The van der Waals surface area contributed by atoms with E-state index in [9.17, 15) is 14.4 Å². The van der Waals surface area contributed by atoms with Gasteiger partial charge in [0.2, 0.25) is 6.29 Å². The largest absolute Gasteiger partial charge is 0.385 e. The molecule has 0 aromatic carbocycles. The minimum absolute atomic E-state index is 0.277. The topological polar surface area (TPSA) is 75.7 Å². The maximum atomic E-state index is 10.5. The van der Waals surface area contributed by atoms with Gasteiger partial charge >= 0.3 is 0 Å². The number of likely N-dealkylation sites (tertiary alicyclic amines) is 1. The number of rotatable bonds is 4. The van der Waals surface area contributed by atoms with Crippen LogP contribution in [0.2, 0.25) is 0 Å². The number of nitrogens with one attached hydrogen (secondary N) is 1. The maximum Gasteiger partial charge on any atom is 0.288 e. The third kappa shape index (κ3) is 20.5. The van der Waals surface area contributed by atoms with Crippen LogP contribution in [0.5, 0.6) is 0 Å². The molecule has 0 aromatic rings. The Morgan fingerprint density at radius 3 is 2.11 bits per heavy atom. The number of aldehydes is 2. The van der Waals surface area contributed by atoms with Crippen molar-refractivity contribution in [1.29, 1.82) is 0 Å². The highest BCUT2D eigenvalue weighted by Crippen LogP contribution is 2.12. The van der Waals surface area contributed by atoms with Gasteiger partial charge in [0.25, 0.3) is 5.91 Å². The van der Waals surface area contributed by atoms with E-state index in [0.717, 1.165) is 57.4 Å². The number of ether oxygens (including phenoxy) is 1. The summed E-state index contributed by atoms with van der Waals surface area (Å²) in [4.78, 5) is 33.0. The molecule has 0 saturated carbocycles. The summed E-state index contributed by atoms with van der Waals surface area (Å²) in [7, 11) is 3.78. The molecule has 0 radical (unpaired) electrons. The molecule has 0 bridgehead atoms. The molecule has 2 rings (SSSR count). The van der Waals surface area contributed by atoms with Gasteiger partial charge in [-0.05, 0) is 58.8 Å². The Morgan fingerprint density at radius 2 is 1.75 bits per heavy atom. The molecular weight excluding hydrogens is 356 g/mol. The minimum Gasteiger partial charge on any atom is -0.385 e. The highest BCUT2D eigenvalue weighted by Gasteiger charge is 2.14. The van der Waals surface area contributed by atoms with Gasteiger partial charge in [0.1, 0.15) is 6.29 Å². The van der Waals surface area contributed by atoms with E-state index in [1.54, 1.807) is 13.2 Å². The molecule has 6 nitrogen and oxygen atoms in total. The quantitative estimate of drug-likeness (QED) is 0.576. The molecule has 1 heterocycles. The van der Waals surface area contributed by atoms with Crippen LogP contribution in [0, 0.1) is 5.92 Å². The molecule has 1 aliphatic carbocycles. The zero-order valence-corrected chi connectivity index (χ0v) is 19.0. The summed E-state index contributed by atoms with van der Waals surface area (Å²) < 4.78 is 4.54. The van der Waals surface area contributed by atoms with Crippen molar-refractivity contribution in [3.05, 3.63) is 23.9 Å². The van der Waals surface area contributed by atoms with Crippen molar-refractivity contribution in [2.24, 2.45) is 5.92 Å². The molecule has 0 atom stereocenters. The van der Waals surface area contributed by atoms with Gasteiger partial charge in [0, 0.05) is 25.3 Å². The number of piperidine rings is 1. The maximum absolute atomic E-state index is 10.5. The summed E-state index contributed by atoms with van der Waals surface area (Å²) >= 11 is 0. The van der Waals surface area contributed by atoms with E-state index in [-0.39, 0.29) is 6.29 Å². The number of allylic oxidation sites excluding steroid dienone is 4. The predicted molar refractivity (Wildman–Crippen MR) is 117 cm³/mol. The Bertz CT molecular complexity index is 424. The van der Waals surface area contributed by atoms with E-state index in [4.69, 9.17) is 0 Å². The molecule has 2 aliphatic rings. The monoisotopic (exact) mass is 398 g/mol. The van der Waals surface area contributed by atoms with E-state index >= 15 is 0 Å². The van der Waals surface area contributed by atoms with Crippen LogP contribution in [0.15, 0.2) is 23.9 Å². The van der Waals surface area contributed by atoms with Crippen LogP contribution in [-0.4, -0.2) is 57.2 Å². The molecule has 6 heteroatoms. The smallest absolute Gasteiger partial charge is 0.288 e. The first-order valence-corrected chi connectivity index (χ1v) is 10.3. The number of amides is 1. The normalized spacial score (nSPS) is 15.3. The van der Waals surface area contributed by atoms with Crippen LogP contribution < -0.4 is 5.32 Å². The van der Waals surface area contributed by atoms with Crippen LogP contribution in [0.3, 0.4) is 0 Å². The van der Waals surface area contributed by atoms with Gasteiger partial charge in [0.15, 0.2) is 0 Å². The molecule has 0 spiro atoms. The van der Waals surface area contributed by atoms with Crippen LogP contribution in [-0.2, 0) is 19.1 Å². The van der Waals surface area contributed by atoms with Crippen molar-refractivity contribution >= 4 is 18.5 Å². The lowest BCUT2D eigenvalue weighted by atomic mass is 9.99. The van der Waals surface area contributed by atoms with Crippen molar-refractivity contribution in [2.45, 2.75) is 60.3 Å². The van der Waals surface area contributed by atoms with Gasteiger partial charge in [-0.2, -0.15) is 0 Å². The average molecular weight is 399 g/mol. The van der Waals surface area contributed by atoms with Gasteiger partial charge in [-0.1, -0.05) is 39.8 Å². The fraction of sp³-hybridized carbons (Fsp3) is 0.682. The molecule has 28 heavy (non-hydrogen) atoms. The van der Waals surface area contributed by atoms with Gasteiger partial charge < -0.3 is 19.7 Å². The van der Waals surface area contributed by atoms with E-state index in [1.165, 1.54) is 0 Å². The molecule has 1 aliphatic heterocycles. The third-order valence-electron chi connectivity index (χ3n) is 3.65. The van der Waals surface area contributed by atoms with Gasteiger partial charge in [-0.15, -0.1) is 0 Å². The van der Waals surface area contributed by atoms with Crippen molar-refractivity contribution in [1.82, 2.24) is 10.2 Å². The van der Waals surface area contributed by atoms with Crippen molar-refractivity contribution in [3.63, 3.8) is 0 Å². The molecule has 1 amide bonds. The molecule has 1 fully saturated rings. The Hall–Kier alpha value is -1.79. The first-order chi connectivity index (χ1) is 13.6. The van der Waals surface area contributed by atoms with Crippen molar-refractivity contribution in [2.75, 3.05) is 33.9 Å². The highest BCUT2D eigenvalue weighted by molar-refractivity contribution is 6.24. The fourth-order valence-corrected chi connectivity index (χ4v) is 2.06. The first kappa shape index (κ1) is 30.9. The zero-order chi connectivity index (χ0) is 22.2. The Labute approximate surface area is 172 Å². The number of carbonyl (C=O) groups excluding carboxylic acids is 3. The molecular formula is C22H42N2O4. The van der Waals surface area contributed by atoms with Crippen molar-refractivity contribution < 1.29 is 19.1 Å². The number of carbonyl (C=O) groups is 3. The first-order valence-electron chi connectivity index (χ1n) is 10.3. The Balaban J connectivity index is -0.000000331. The summed E-state index contributed by atoms with van der Waals surface area (Å²) in [6.45, 7) is 13.0. The second kappa shape index (κ2) is 25.2. The summed E-state index contributed by atoms with van der Waals surface area (Å²) in [6, 6.07) is 0. The summed E-state index contributed by atoms with van der Waals surface area (Å²) in [5.41, 5.74) is 0.810. The zero-order valence-electron chi connectivity index (χ0n) is 19.0. The Morgan fingerprint density at radius 1 is 1.21 bits per heavy atom.